The summed E-state index contributed by atoms with van der Waals surface area (Å²) in [5.74, 6) is -0.725. The minimum atomic E-state index is -1.44. The molecular formula is C31H21N3O. The molecule has 0 aliphatic carbocycles. The standard InChI is InChI=1S/C31H21N3O/c32-19-31(20-33)26-18-17-23-16-15-21-9-7-8-14-25(21)28(23)34(26)29(27(31)22-10-3-1-4-11-22)30(35)24-12-5-2-6-13-24/h1-18,26-27,29H/t26-,27-,29+/m0/s1. The van der Waals surface area contributed by atoms with Crippen molar-refractivity contribution in [3.05, 3.63) is 120 Å². The maximum atomic E-state index is 14.3. The van der Waals surface area contributed by atoms with Gasteiger partial charge in [0.25, 0.3) is 0 Å². The molecule has 0 N–H and O–H groups in total. The van der Waals surface area contributed by atoms with Gasteiger partial charge in [0.2, 0.25) is 0 Å². The molecule has 0 saturated carbocycles. The first-order valence-electron chi connectivity index (χ1n) is 11.6. The van der Waals surface area contributed by atoms with Crippen molar-refractivity contribution in [2.24, 2.45) is 5.41 Å². The van der Waals surface area contributed by atoms with E-state index < -0.39 is 23.4 Å². The second kappa shape index (κ2) is 7.97. The van der Waals surface area contributed by atoms with Crippen molar-refractivity contribution in [3.63, 3.8) is 0 Å². The van der Waals surface area contributed by atoms with E-state index in [9.17, 15) is 15.3 Å². The van der Waals surface area contributed by atoms with E-state index in [-0.39, 0.29) is 5.78 Å². The van der Waals surface area contributed by atoms with Crippen molar-refractivity contribution in [2.45, 2.75) is 18.0 Å². The van der Waals surface area contributed by atoms with Crippen LogP contribution in [0.15, 0.2) is 103 Å². The highest BCUT2D eigenvalue weighted by Crippen LogP contribution is 2.56. The number of nitriles is 2. The topological polar surface area (TPSA) is 67.9 Å². The van der Waals surface area contributed by atoms with Gasteiger partial charge in [-0.2, -0.15) is 10.5 Å². The van der Waals surface area contributed by atoms with E-state index in [4.69, 9.17) is 0 Å². The average molecular weight is 452 g/mol. The lowest BCUT2D eigenvalue weighted by atomic mass is 9.69. The molecule has 2 aliphatic rings. The molecule has 35 heavy (non-hydrogen) atoms. The molecule has 3 atom stereocenters. The lowest BCUT2D eigenvalue weighted by Gasteiger charge is -2.36. The third-order valence-electron chi connectivity index (χ3n) is 7.38. The molecule has 1 saturated heterocycles. The molecule has 0 aromatic heterocycles. The maximum Gasteiger partial charge on any atom is 0.185 e. The van der Waals surface area contributed by atoms with Crippen molar-refractivity contribution >= 4 is 28.3 Å². The summed E-state index contributed by atoms with van der Waals surface area (Å²) < 4.78 is 0. The molecular weight excluding hydrogens is 430 g/mol. The summed E-state index contributed by atoms with van der Waals surface area (Å²) in [6.45, 7) is 0. The molecule has 2 aliphatic heterocycles. The summed E-state index contributed by atoms with van der Waals surface area (Å²) in [4.78, 5) is 16.3. The van der Waals surface area contributed by atoms with E-state index in [1.165, 1.54) is 0 Å². The van der Waals surface area contributed by atoms with Crippen molar-refractivity contribution in [3.8, 4) is 12.1 Å². The fraction of sp³-hybridized carbons (Fsp3) is 0.129. The highest BCUT2D eigenvalue weighted by atomic mass is 16.1. The van der Waals surface area contributed by atoms with Gasteiger partial charge in [-0.05, 0) is 16.5 Å². The monoisotopic (exact) mass is 451 g/mol. The first-order chi connectivity index (χ1) is 17.2. The summed E-state index contributed by atoms with van der Waals surface area (Å²) in [5, 5.41) is 23.2. The number of anilines is 1. The van der Waals surface area contributed by atoms with Crippen LogP contribution < -0.4 is 4.90 Å². The Hall–Kier alpha value is -4.67. The lowest BCUT2D eigenvalue weighted by Crippen LogP contribution is -2.44. The van der Waals surface area contributed by atoms with Gasteiger partial charge in [0, 0.05) is 16.9 Å². The van der Waals surface area contributed by atoms with Crippen molar-refractivity contribution in [2.75, 3.05) is 4.90 Å². The Balaban J connectivity index is 1.68. The van der Waals surface area contributed by atoms with Gasteiger partial charge in [0.1, 0.15) is 6.04 Å². The van der Waals surface area contributed by atoms with E-state index in [1.54, 1.807) is 0 Å². The fourth-order valence-corrected chi connectivity index (χ4v) is 5.85. The molecule has 1 fully saturated rings. The van der Waals surface area contributed by atoms with E-state index in [0.717, 1.165) is 27.6 Å². The van der Waals surface area contributed by atoms with Gasteiger partial charge < -0.3 is 4.90 Å². The minimum Gasteiger partial charge on any atom is -0.350 e. The molecule has 0 spiro atoms. The predicted molar refractivity (Wildman–Crippen MR) is 137 cm³/mol. The zero-order valence-corrected chi connectivity index (χ0v) is 18.9. The molecule has 4 heteroatoms. The summed E-state index contributed by atoms with van der Waals surface area (Å²) in [6, 6.07) is 34.4. The van der Waals surface area contributed by atoms with Gasteiger partial charge in [0.15, 0.2) is 11.2 Å². The molecule has 0 amide bonds. The van der Waals surface area contributed by atoms with Crippen LogP contribution in [-0.2, 0) is 0 Å². The Morgan fingerprint density at radius 1 is 0.800 bits per heavy atom. The number of carbonyl (C=O) groups is 1. The van der Waals surface area contributed by atoms with Gasteiger partial charge in [-0.3, -0.25) is 4.79 Å². The van der Waals surface area contributed by atoms with Crippen LogP contribution in [0.25, 0.3) is 16.8 Å². The Kier molecular flexibility index (Phi) is 4.76. The molecule has 0 radical (unpaired) electrons. The molecule has 4 aromatic rings. The normalized spacial score (nSPS) is 21.5. The number of benzene rings is 4. The number of nitrogens with zero attached hydrogens (tertiary/aromatic N) is 3. The van der Waals surface area contributed by atoms with Crippen LogP contribution in [-0.4, -0.2) is 17.9 Å². The van der Waals surface area contributed by atoms with Crippen LogP contribution in [0.1, 0.15) is 27.4 Å². The van der Waals surface area contributed by atoms with Crippen LogP contribution in [0.3, 0.4) is 0 Å². The van der Waals surface area contributed by atoms with E-state index in [0.29, 0.717) is 5.56 Å². The number of carbonyl (C=O) groups excluding carboxylic acids is 1. The maximum absolute atomic E-state index is 14.3. The highest BCUT2D eigenvalue weighted by molar-refractivity contribution is 6.08. The second-order valence-electron chi connectivity index (χ2n) is 9.09. The molecule has 4 aromatic carbocycles. The number of Topliss-reactive ketones (excluding diaryl/α,β-unsaturated/α-hetero) is 1. The summed E-state index contributed by atoms with van der Waals surface area (Å²) in [7, 11) is 0. The molecule has 0 bridgehead atoms. The van der Waals surface area contributed by atoms with Gasteiger partial charge in [-0.25, -0.2) is 0 Å². The third-order valence-corrected chi connectivity index (χ3v) is 7.38. The lowest BCUT2D eigenvalue weighted by molar-refractivity contribution is 0.0951. The largest absolute Gasteiger partial charge is 0.350 e. The Bertz CT molecular complexity index is 1550. The van der Waals surface area contributed by atoms with Gasteiger partial charge in [-0.15, -0.1) is 0 Å². The molecule has 6 rings (SSSR count). The number of hydrogen-bond acceptors (Lipinski definition) is 4. The Morgan fingerprint density at radius 2 is 1.46 bits per heavy atom. The van der Waals surface area contributed by atoms with Crippen molar-refractivity contribution in [1.29, 1.82) is 10.5 Å². The van der Waals surface area contributed by atoms with Crippen LogP contribution in [0.2, 0.25) is 0 Å². The fourth-order valence-electron chi connectivity index (χ4n) is 5.85. The van der Waals surface area contributed by atoms with Crippen LogP contribution in [0.5, 0.6) is 0 Å². The average Bonchev–Trinajstić information content (AvgIpc) is 3.24. The minimum absolute atomic E-state index is 0.0917. The SMILES string of the molecule is N#CC1(C#N)[C@@H]2C=Cc3ccc4ccccc4c3N2[C@@H](C(=O)c2ccccc2)[C@@H]1c1ccccc1. The Labute approximate surface area is 204 Å². The van der Waals surface area contributed by atoms with Crippen molar-refractivity contribution < 1.29 is 4.79 Å². The summed E-state index contributed by atoms with van der Waals surface area (Å²) >= 11 is 0. The number of rotatable bonds is 3. The van der Waals surface area contributed by atoms with Gasteiger partial charge in [0.05, 0.1) is 23.9 Å². The summed E-state index contributed by atoms with van der Waals surface area (Å²) in [5.41, 5.74) is 1.82. The highest BCUT2D eigenvalue weighted by Gasteiger charge is 2.63. The van der Waals surface area contributed by atoms with Crippen LogP contribution in [0.4, 0.5) is 5.69 Å². The molecule has 166 valence electrons. The van der Waals surface area contributed by atoms with Crippen LogP contribution >= 0.6 is 0 Å². The third kappa shape index (κ3) is 2.94. The molecule has 0 unspecified atom stereocenters. The number of fused-ring (bicyclic) bond motifs is 5. The first-order valence-corrected chi connectivity index (χ1v) is 11.6. The van der Waals surface area contributed by atoms with E-state index in [1.807, 2.05) is 103 Å². The zero-order valence-electron chi connectivity index (χ0n) is 18.9. The quantitative estimate of drug-likeness (QED) is 0.352. The van der Waals surface area contributed by atoms with Crippen molar-refractivity contribution in [1.82, 2.24) is 0 Å². The summed E-state index contributed by atoms with van der Waals surface area (Å²) in [6.07, 6.45) is 3.92. The predicted octanol–water partition coefficient (Wildman–Crippen LogP) is 6.12. The smallest absolute Gasteiger partial charge is 0.185 e. The van der Waals surface area contributed by atoms with E-state index >= 15 is 0 Å². The van der Waals surface area contributed by atoms with Gasteiger partial charge in [-0.1, -0.05) is 109 Å². The van der Waals surface area contributed by atoms with Gasteiger partial charge >= 0.3 is 0 Å². The number of ketones is 1. The molecule has 2 heterocycles. The first kappa shape index (κ1) is 20.9. The Morgan fingerprint density at radius 3 is 2.17 bits per heavy atom. The van der Waals surface area contributed by atoms with Crippen LogP contribution in [0, 0.1) is 28.1 Å². The molecule has 4 nitrogen and oxygen atoms in total. The zero-order chi connectivity index (χ0) is 24.0. The van der Waals surface area contributed by atoms with E-state index in [2.05, 4.69) is 23.1 Å². The second-order valence-corrected chi connectivity index (χ2v) is 9.09. The number of hydrogen-bond donors (Lipinski definition) is 0.